The number of alkyl carbamates (subject to hydrolysis) is 5. The van der Waals surface area contributed by atoms with Crippen LogP contribution >= 0.6 is 0 Å². The molecular weight excluding hydrogens is 1370 g/mol. The molecule has 3 aromatic rings. The smallest absolute Gasteiger partial charge is 0.408 e. The van der Waals surface area contributed by atoms with Crippen LogP contribution in [-0.4, -0.2) is 205 Å². The minimum atomic E-state index is -2.35. The summed E-state index contributed by atoms with van der Waals surface area (Å²) in [6.07, 6.45) is -26.1. The van der Waals surface area contributed by atoms with Crippen LogP contribution in [0.5, 0.6) is 0 Å². The van der Waals surface area contributed by atoms with E-state index in [9.17, 15) is 48.3 Å². The summed E-state index contributed by atoms with van der Waals surface area (Å²) < 4.78 is 86.9. The number of carbonyl (C=O) groups excluding carboxylic acids is 10. The lowest BCUT2D eigenvalue weighted by atomic mass is 9.80. The summed E-state index contributed by atoms with van der Waals surface area (Å²) in [7, 11) is 0. The van der Waals surface area contributed by atoms with Crippen LogP contribution < -0.4 is 31.9 Å². The third-order valence-corrected chi connectivity index (χ3v) is 15.6. The number of rotatable bonds is 24. The quantitative estimate of drug-likeness (QED) is 0.0256. The van der Waals surface area contributed by atoms with E-state index >= 15 is 4.79 Å². The third kappa shape index (κ3) is 26.6. The maximum Gasteiger partial charge on any atom is 0.408 e. The number of amides is 6. The molecule has 6 amide bonds. The molecule has 0 bridgehead atoms. The molecule has 31 nitrogen and oxygen atoms in total. The van der Waals surface area contributed by atoms with Crippen LogP contribution in [0.1, 0.15) is 168 Å². The van der Waals surface area contributed by atoms with Gasteiger partial charge in [0, 0.05) is 47.2 Å². The molecule has 2 saturated heterocycles. The standard InChI is InChI=1S/C74H106N6O25/c1-41(81)93-50(37-38-75-64(87)101-69(5,6)7)61(86)78-53-57(95-43(3)83)54(80-68(91)105-73(17,18)19)59(99-62-49(77-66(89)103-71(11,12)13)36-35-48(97-62)39-76-65(88)102-70(8,9)10)55(85)58(53)100-63-60(96-44(4)84)52(79-67(90)104-72(14,15)16)56(94-42(2)82)51(98-63)40-92-74(45-29-23-20-24-30-45,46-31-25-21-26-32-46)47-33-27-22-28-34-47/h20-34,48-60,62-63,85H,35-40H2,1-19H3,(H,75,87)(H,76,88)(H,77,89)(H,78,86)(H,79,90)(H,80,91)/t48?,49?,50-,51?,52?,53?,54+,55?,56-,57-,58-,59?,60-,62+,63+/m0/s1. The molecule has 3 fully saturated rings. The summed E-state index contributed by atoms with van der Waals surface area (Å²) in [5.41, 5.74) is -5.12. The Bertz CT molecular complexity index is 3330. The average Bonchev–Trinajstić information content (AvgIpc) is 0.754. The molecule has 7 unspecified atom stereocenters. The summed E-state index contributed by atoms with van der Waals surface area (Å²) in [5, 5.41) is 29.8. The number of benzene rings is 3. The van der Waals surface area contributed by atoms with Gasteiger partial charge in [0.2, 0.25) is 0 Å². The normalized spacial score (nSPS) is 24.6. The summed E-state index contributed by atoms with van der Waals surface area (Å²) in [4.78, 5) is 139. The van der Waals surface area contributed by atoms with Gasteiger partial charge in [0.25, 0.3) is 5.91 Å². The Labute approximate surface area is 612 Å². The zero-order valence-corrected chi connectivity index (χ0v) is 63.3. The van der Waals surface area contributed by atoms with Gasteiger partial charge in [0.05, 0.1) is 24.8 Å². The molecule has 7 N–H and O–H groups in total. The number of aliphatic hydroxyl groups is 1. The second-order valence-electron chi connectivity index (χ2n) is 30.6. The predicted molar refractivity (Wildman–Crippen MR) is 374 cm³/mol. The van der Waals surface area contributed by atoms with Crippen LogP contribution in [-0.2, 0) is 95.9 Å². The number of aliphatic hydroxyl groups excluding tert-OH is 1. The van der Waals surface area contributed by atoms with E-state index in [1.54, 1.807) is 119 Å². The fraction of sp³-hybridized carbons (Fsp3) is 0.622. The van der Waals surface area contributed by atoms with Crippen molar-refractivity contribution >= 4 is 60.3 Å². The Morgan fingerprint density at radius 2 is 0.838 bits per heavy atom. The van der Waals surface area contributed by atoms with Crippen molar-refractivity contribution in [3.8, 4) is 0 Å². The highest BCUT2D eigenvalue weighted by Crippen LogP contribution is 2.43. The zero-order chi connectivity index (χ0) is 78.2. The Morgan fingerprint density at radius 3 is 1.28 bits per heavy atom. The first-order chi connectivity index (χ1) is 48.8. The lowest BCUT2D eigenvalue weighted by Gasteiger charge is -2.52. The SMILES string of the molecule is CC(=O)O[C@H]1C(COC(c2ccccc2)(c2ccccc2)c2ccccc2)O[C@H](O[C@@H]2C(O)C(O[C@H]3OC(CNC(=O)OC(C)(C)C)CCC3NC(=O)OC(C)(C)C)[C@H](NC(=O)OC(C)(C)C)[C@@H](OC(C)=O)C2NC(=O)[C@H](CCNC(=O)OC(C)(C)C)OC(C)=O)[C@@H](OC(C)=O)C1NC(=O)OC(C)(C)C. The fourth-order valence-corrected chi connectivity index (χ4v) is 11.9. The molecule has 3 aliphatic rings. The molecule has 6 rings (SSSR count). The minimum Gasteiger partial charge on any atom is -0.458 e. The lowest BCUT2D eigenvalue weighted by Crippen LogP contribution is -2.76. The van der Waals surface area contributed by atoms with Crippen LogP contribution in [0.25, 0.3) is 0 Å². The molecule has 31 heteroatoms. The summed E-state index contributed by atoms with van der Waals surface area (Å²) in [5.74, 6) is -5.26. The van der Waals surface area contributed by atoms with Crippen LogP contribution in [0.2, 0.25) is 0 Å². The molecule has 0 radical (unpaired) electrons. The van der Waals surface area contributed by atoms with E-state index in [1.807, 2.05) is 54.6 Å². The lowest BCUT2D eigenvalue weighted by molar-refractivity contribution is -0.326. The molecular formula is C74H106N6O25. The summed E-state index contributed by atoms with van der Waals surface area (Å²) in [6.45, 7) is 26.9. The van der Waals surface area contributed by atoms with Crippen molar-refractivity contribution in [1.82, 2.24) is 31.9 Å². The highest BCUT2D eigenvalue weighted by atomic mass is 16.7. The molecule has 2 aliphatic heterocycles. The number of ether oxygens (including phenoxy) is 14. The monoisotopic (exact) mass is 1480 g/mol. The van der Waals surface area contributed by atoms with Gasteiger partial charge in [-0.15, -0.1) is 0 Å². The van der Waals surface area contributed by atoms with Crippen molar-refractivity contribution in [1.29, 1.82) is 0 Å². The molecule has 3 aromatic carbocycles. The Kier molecular flexibility index (Phi) is 29.5. The van der Waals surface area contributed by atoms with Gasteiger partial charge in [-0.25, -0.2) is 24.0 Å². The largest absolute Gasteiger partial charge is 0.458 e. The van der Waals surface area contributed by atoms with Crippen LogP contribution in [0.4, 0.5) is 24.0 Å². The first kappa shape index (κ1) is 85.1. The van der Waals surface area contributed by atoms with Gasteiger partial charge in [0.1, 0.15) is 76.2 Å². The summed E-state index contributed by atoms with van der Waals surface area (Å²) >= 11 is 0. The van der Waals surface area contributed by atoms with E-state index in [1.165, 1.54) is 20.8 Å². The molecule has 1 aliphatic carbocycles. The molecule has 15 atom stereocenters. The van der Waals surface area contributed by atoms with Gasteiger partial charge in [-0.2, -0.15) is 0 Å². The van der Waals surface area contributed by atoms with E-state index in [4.69, 9.17) is 66.3 Å². The Hall–Kier alpha value is -8.88. The number of esters is 4. The Balaban J connectivity index is 1.65. The van der Waals surface area contributed by atoms with Crippen molar-refractivity contribution < 1.29 is 119 Å². The highest BCUT2D eigenvalue weighted by Gasteiger charge is 2.60. The van der Waals surface area contributed by atoms with Crippen molar-refractivity contribution in [2.24, 2.45) is 0 Å². The Morgan fingerprint density at radius 1 is 0.448 bits per heavy atom. The summed E-state index contributed by atoms with van der Waals surface area (Å²) in [6, 6.07) is 20.3. The zero-order valence-electron chi connectivity index (χ0n) is 63.3. The number of hydrogen-bond donors (Lipinski definition) is 7. The maximum atomic E-state index is 15.3. The molecule has 105 heavy (non-hydrogen) atoms. The fourth-order valence-electron chi connectivity index (χ4n) is 11.9. The van der Waals surface area contributed by atoms with Gasteiger partial charge in [0.15, 0.2) is 30.9 Å². The second kappa shape index (κ2) is 36.4. The van der Waals surface area contributed by atoms with Crippen LogP contribution in [0, 0.1) is 0 Å². The van der Waals surface area contributed by atoms with E-state index in [-0.39, 0.29) is 25.9 Å². The highest BCUT2D eigenvalue weighted by molar-refractivity contribution is 5.84. The molecule has 2 heterocycles. The topological polar surface area (TPSA) is 392 Å². The van der Waals surface area contributed by atoms with E-state index < -0.39 is 199 Å². The van der Waals surface area contributed by atoms with Crippen molar-refractivity contribution in [2.45, 2.75) is 276 Å². The molecule has 1 saturated carbocycles. The first-order valence-electron chi connectivity index (χ1n) is 34.8. The van der Waals surface area contributed by atoms with Gasteiger partial charge >= 0.3 is 54.3 Å². The molecule has 582 valence electrons. The second-order valence-corrected chi connectivity index (χ2v) is 30.6. The molecule has 0 aromatic heterocycles. The molecule has 0 spiro atoms. The first-order valence-corrected chi connectivity index (χ1v) is 34.8. The van der Waals surface area contributed by atoms with E-state index in [0.29, 0.717) is 16.7 Å². The van der Waals surface area contributed by atoms with E-state index in [0.717, 1.165) is 27.7 Å². The van der Waals surface area contributed by atoms with Crippen LogP contribution in [0.15, 0.2) is 91.0 Å². The van der Waals surface area contributed by atoms with Crippen LogP contribution in [0.3, 0.4) is 0 Å². The van der Waals surface area contributed by atoms with Crippen molar-refractivity contribution in [3.63, 3.8) is 0 Å². The number of nitrogens with one attached hydrogen (secondary N) is 6. The van der Waals surface area contributed by atoms with E-state index in [2.05, 4.69) is 31.9 Å². The number of hydrogen-bond acceptors (Lipinski definition) is 25. The minimum absolute atomic E-state index is 0.0168. The number of carbonyl (C=O) groups is 10. The average molecular weight is 1480 g/mol. The van der Waals surface area contributed by atoms with Gasteiger partial charge in [-0.1, -0.05) is 91.0 Å². The van der Waals surface area contributed by atoms with Gasteiger partial charge in [-0.05, 0) is 133 Å². The third-order valence-electron chi connectivity index (χ3n) is 15.6. The van der Waals surface area contributed by atoms with Crippen molar-refractivity contribution in [3.05, 3.63) is 108 Å². The maximum absolute atomic E-state index is 15.3. The van der Waals surface area contributed by atoms with Gasteiger partial charge in [-0.3, -0.25) is 24.0 Å². The van der Waals surface area contributed by atoms with Crippen molar-refractivity contribution in [2.75, 3.05) is 19.7 Å². The van der Waals surface area contributed by atoms with Gasteiger partial charge < -0.3 is 103 Å². The predicted octanol–water partition coefficient (Wildman–Crippen LogP) is 7.70.